The van der Waals surface area contributed by atoms with E-state index in [4.69, 9.17) is 9.47 Å². The minimum Gasteiger partial charge on any atom is -0.493 e. The maximum atomic E-state index is 12.2. The van der Waals surface area contributed by atoms with Gasteiger partial charge in [0.15, 0.2) is 22.4 Å². The van der Waals surface area contributed by atoms with Crippen LogP contribution < -0.4 is 14.8 Å². The van der Waals surface area contributed by atoms with Gasteiger partial charge in [0.1, 0.15) is 0 Å². The molecule has 1 aromatic carbocycles. The van der Waals surface area contributed by atoms with E-state index >= 15 is 0 Å². The largest absolute Gasteiger partial charge is 0.493 e. The molecule has 0 atom stereocenters. The minimum atomic E-state index is -0.0496. The highest BCUT2D eigenvalue weighted by Gasteiger charge is 2.15. The monoisotopic (exact) mass is 402 g/mol. The van der Waals surface area contributed by atoms with Gasteiger partial charge in [0.2, 0.25) is 5.91 Å². The van der Waals surface area contributed by atoms with Crippen molar-refractivity contribution in [2.24, 2.45) is 0 Å². The van der Waals surface area contributed by atoms with Gasteiger partial charge in [0, 0.05) is 16.9 Å². The molecule has 6 nitrogen and oxygen atoms in total. The number of rotatable bonds is 8. The molecular weight excluding hydrogens is 376 g/mol. The van der Waals surface area contributed by atoms with Gasteiger partial charge in [-0.15, -0.1) is 11.3 Å². The molecule has 1 aliphatic carbocycles. The number of amides is 1. The Labute approximate surface area is 169 Å². The molecular formula is C21H26N2O4S. The predicted octanol–water partition coefficient (Wildman–Crippen LogP) is 4.42. The van der Waals surface area contributed by atoms with Crippen LogP contribution in [0.5, 0.6) is 11.5 Å². The van der Waals surface area contributed by atoms with Crippen molar-refractivity contribution in [2.45, 2.75) is 51.9 Å². The van der Waals surface area contributed by atoms with Gasteiger partial charge >= 0.3 is 0 Å². The van der Waals surface area contributed by atoms with E-state index in [-0.39, 0.29) is 11.7 Å². The fourth-order valence-electron chi connectivity index (χ4n) is 3.18. The fraction of sp³-hybridized carbons (Fsp3) is 0.476. The zero-order valence-electron chi connectivity index (χ0n) is 16.4. The lowest BCUT2D eigenvalue weighted by Gasteiger charge is -2.11. The van der Waals surface area contributed by atoms with Crippen molar-refractivity contribution < 1.29 is 19.1 Å². The summed E-state index contributed by atoms with van der Waals surface area (Å²) in [7, 11) is 1.54. The van der Waals surface area contributed by atoms with Crippen molar-refractivity contribution in [3.05, 3.63) is 34.3 Å². The van der Waals surface area contributed by atoms with Crippen LogP contribution in [0.2, 0.25) is 0 Å². The summed E-state index contributed by atoms with van der Waals surface area (Å²) in [5.41, 5.74) is 1.73. The van der Waals surface area contributed by atoms with Gasteiger partial charge in [0.05, 0.1) is 19.4 Å². The van der Waals surface area contributed by atoms with E-state index in [0.717, 1.165) is 18.5 Å². The van der Waals surface area contributed by atoms with Crippen LogP contribution in [0.15, 0.2) is 18.2 Å². The Bertz CT molecular complexity index is 823. The van der Waals surface area contributed by atoms with Gasteiger partial charge in [-0.3, -0.25) is 9.59 Å². The fourth-order valence-corrected chi connectivity index (χ4v) is 4.25. The maximum absolute atomic E-state index is 12.2. The lowest BCUT2D eigenvalue weighted by Crippen LogP contribution is -2.13. The number of nitrogens with zero attached hydrogens (tertiary/aromatic N) is 1. The normalized spacial score (nSPS) is 13.4. The molecule has 0 saturated heterocycles. The quantitative estimate of drug-likeness (QED) is 0.402. The molecule has 3 rings (SSSR count). The van der Waals surface area contributed by atoms with Gasteiger partial charge in [-0.05, 0) is 57.2 Å². The van der Waals surface area contributed by atoms with E-state index in [9.17, 15) is 9.59 Å². The number of hydrogen-bond acceptors (Lipinski definition) is 6. The first-order valence-corrected chi connectivity index (χ1v) is 10.5. The summed E-state index contributed by atoms with van der Waals surface area (Å²) in [6.07, 6.45) is 6.66. The van der Waals surface area contributed by atoms with Gasteiger partial charge in [-0.1, -0.05) is 6.42 Å². The van der Waals surface area contributed by atoms with Crippen molar-refractivity contribution >= 4 is 28.2 Å². The highest BCUT2D eigenvalue weighted by molar-refractivity contribution is 7.15. The highest BCUT2D eigenvalue weighted by Crippen LogP contribution is 2.30. The molecule has 0 saturated carbocycles. The Morgan fingerprint density at radius 1 is 1.18 bits per heavy atom. The number of ketones is 1. The zero-order chi connectivity index (χ0) is 19.9. The van der Waals surface area contributed by atoms with Crippen molar-refractivity contribution in [3.8, 4) is 11.5 Å². The standard InChI is InChI=1S/C21H26N2O4S/c1-14(24)15-10-11-17(18(13-15)26-2)27-12-6-9-20(25)23-21-22-16-7-4-3-5-8-19(16)28-21/h10-11,13H,3-9,12H2,1-2H3,(H,22,23,25). The number of Topliss-reactive ketones (excluding diaryl/α,β-unsaturated/α-hetero) is 1. The molecule has 28 heavy (non-hydrogen) atoms. The Morgan fingerprint density at radius 3 is 2.79 bits per heavy atom. The lowest BCUT2D eigenvalue weighted by atomic mass is 10.1. The second kappa shape index (κ2) is 9.68. The van der Waals surface area contributed by atoms with Crippen LogP contribution >= 0.6 is 11.3 Å². The second-order valence-corrected chi connectivity index (χ2v) is 7.96. The van der Waals surface area contributed by atoms with Gasteiger partial charge in [0.25, 0.3) is 0 Å². The maximum Gasteiger partial charge on any atom is 0.226 e. The molecule has 0 spiro atoms. The Hall–Kier alpha value is -2.41. The Morgan fingerprint density at radius 2 is 2.00 bits per heavy atom. The van der Waals surface area contributed by atoms with Gasteiger partial charge < -0.3 is 14.8 Å². The first kappa shape index (κ1) is 20.3. The molecule has 0 fully saturated rings. The number of carbonyl (C=O) groups excluding carboxylic acids is 2. The number of anilines is 1. The van der Waals surface area contributed by atoms with Crippen LogP contribution in [0, 0.1) is 0 Å². The summed E-state index contributed by atoms with van der Waals surface area (Å²) < 4.78 is 11.0. The predicted molar refractivity (Wildman–Crippen MR) is 110 cm³/mol. The number of carbonyl (C=O) groups is 2. The van der Waals surface area contributed by atoms with Crippen molar-refractivity contribution in [1.29, 1.82) is 0 Å². The van der Waals surface area contributed by atoms with Crippen molar-refractivity contribution in [3.63, 3.8) is 0 Å². The third-order valence-corrected chi connectivity index (χ3v) is 5.79. The molecule has 1 aromatic heterocycles. The molecule has 7 heteroatoms. The third-order valence-electron chi connectivity index (χ3n) is 4.72. The summed E-state index contributed by atoms with van der Waals surface area (Å²) in [6, 6.07) is 5.09. The smallest absolute Gasteiger partial charge is 0.226 e. The molecule has 1 amide bonds. The summed E-state index contributed by atoms with van der Waals surface area (Å²) in [5, 5.41) is 3.62. The average molecular weight is 403 g/mol. The molecule has 1 heterocycles. The van der Waals surface area contributed by atoms with E-state index in [1.54, 1.807) is 29.5 Å². The lowest BCUT2D eigenvalue weighted by molar-refractivity contribution is -0.116. The minimum absolute atomic E-state index is 0.0268. The highest BCUT2D eigenvalue weighted by atomic mass is 32.1. The number of aryl methyl sites for hydroxylation is 2. The summed E-state index contributed by atoms with van der Waals surface area (Å²) in [4.78, 5) is 29.5. The topological polar surface area (TPSA) is 77.5 Å². The molecule has 150 valence electrons. The average Bonchev–Trinajstić information content (AvgIpc) is 2.92. The second-order valence-electron chi connectivity index (χ2n) is 6.87. The third kappa shape index (κ3) is 5.32. The first-order valence-electron chi connectivity index (χ1n) is 9.67. The van der Waals surface area contributed by atoms with Crippen LogP contribution in [0.25, 0.3) is 0 Å². The molecule has 1 aliphatic rings. The first-order chi connectivity index (χ1) is 13.6. The van der Waals surface area contributed by atoms with Crippen LogP contribution in [0.4, 0.5) is 5.13 Å². The van der Waals surface area contributed by atoms with Gasteiger partial charge in [-0.2, -0.15) is 0 Å². The number of ether oxygens (including phenoxy) is 2. The van der Waals surface area contributed by atoms with Crippen LogP contribution in [0.3, 0.4) is 0 Å². The van der Waals surface area contributed by atoms with E-state index in [0.29, 0.717) is 41.6 Å². The SMILES string of the molecule is COc1cc(C(C)=O)ccc1OCCCC(=O)Nc1nc2c(s1)CCCCC2. The molecule has 2 aromatic rings. The van der Waals surface area contributed by atoms with E-state index in [1.807, 2.05) is 0 Å². The number of thiazole rings is 1. The van der Waals surface area contributed by atoms with Crippen LogP contribution in [0.1, 0.15) is 60.0 Å². The molecule has 0 unspecified atom stereocenters. The number of aromatic nitrogens is 1. The Kier molecular flexibility index (Phi) is 7.03. The number of hydrogen-bond donors (Lipinski definition) is 1. The van der Waals surface area contributed by atoms with Crippen molar-refractivity contribution in [1.82, 2.24) is 4.98 Å². The van der Waals surface area contributed by atoms with Crippen LogP contribution in [-0.4, -0.2) is 30.4 Å². The summed E-state index contributed by atoms with van der Waals surface area (Å²) in [6.45, 7) is 1.89. The Balaban J connectivity index is 1.45. The molecule has 0 radical (unpaired) electrons. The van der Waals surface area contributed by atoms with E-state index in [2.05, 4.69) is 10.3 Å². The number of benzene rings is 1. The number of nitrogens with one attached hydrogen (secondary N) is 1. The molecule has 0 bridgehead atoms. The summed E-state index contributed by atoms with van der Waals surface area (Å²) in [5.74, 6) is 1.01. The molecule has 0 aliphatic heterocycles. The zero-order valence-corrected chi connectivity index (χ0v) is 17.2. The number of fused-ring (bicyclic) bond motifs is 1. The van der Waals surface area contributed by atoms with E-state index in [1.165, 1.54) is 38.2 Å². The van der Waals surface area contributed by atoms with Crippen LogP contribution in [-0.2, 0) is 17.6 Å². The number of methoxy groups -OCH3 is 1. The molecule has 1 N–H and O–H groups in total. The van der Waals surface area contributed by atoms with E-state index < -0.39 is 0 Å². The van der Waals surface area contributed by atoms with Crippen molar-refractivity contribution in [2.75, 3.05) is 19.0 Å². The summed E-state index contributed by atoms with van der Waals surface area (Å²) >= 11 is 1.60. The van der Waals surface area contributed by atoms with Gasteiger partial charge in [-0.25, -0.2) is 4.98 Å².